The number of amides is 2. The third-order valence-corrected chi connectivity index (χ3v) is 3.49. The normalized spacial score (nSPS) is 17.0. The molecular weight excluding hydrogens is 294 g/mol. The minimum atomic E-state index is -0.587. The Morgan fingerprint density at radius 1 is 1.17 bits per heavy atom. The SMILES string of the molecule is CC(C)NC(=O)c1ccc(NC(=O)C2CC(C(C)C)=NO2)cc1. The average molecular weight is 317 g/mol. The number of benzene rings is 1. The van der Waals surface area contributed by atoms with E-state index in [1.165, 1.54) is 0 Å². The van der Waals surface area contributed by atoms with E-state index >= 15 is 0 Å². The fourth-order valence-corrected chi connectivity index (χ4v) is 2.15. The molecular formula is C17H23N3O3. The summed E-state index contributed by atoms with van der Waals surface area (Å²) in [5.74, 6) is -0.0951. The van der Waals surface area contributed by atoms with Gasteiger partial charge in [-0.15, -0.1) is 0 Å². The Hall–Kier alpha value is -2.37. The van der Waals surface area contributed by atoms with Crippen LogP contribution in [0.25, 0.3) is 0 Å². The van der Waals surface area contributed by atoms with Crippen LogP contribution in [0, 0.1) is 5.92 Å². The average Bonchev–Trinajstić information content (AvgIpc) is 2.97. The van der Waals surface area contributed by atoms with Crippen molar-refractivity contribution in [3.63, 3.8) is 0 Å². The Morgan fingerprint density at radius 2 is 1.83 bits per heavy atom. The van der Waals surface area contributed by atoms with Gasteiger partial charge < -0.3 is 15.5 Å². The maximum Gasteiger partial charge on any atom is 0.268 e. The maximum absolute atomic E-state index is 12.2. The molecule has 1 heterocycles. The number of hydrogen-bond acceptors (Lipinski definition) is 4. The van der Waals surface area contributed by atoms with E-state index in [2.05, 4.69) is 15.8 Å². The Balaban J connectivity index is 1.91. The molecule has 6 nitrogen and oxygen atoms in total. The molecule has 2 N–H and O–H groups in total. The predicted molar refractivity (Wildman–Crippen MR) is 89.4 cm³/mol. The fraction of sp³-hybridized carbons (Fsp3) is 0.471. The highest BCUT2D eigenvalue weighted by Crippen LogP contribution is 2.18. The summed E-state index contributed by atoms with van der Waals surface area (Å²) >= 11 is 0. The summed E-state index contributed by atoms with van der Waals surface area (Å²) in [5, 5.41) is 9.55. The second-order valence-corrected chi connectivity index (χ2v) is 6.23. The van der Waals surface area contributed by atoms with Crippen LogP contribution in [0.1, 0.15) is 44.5 Å². The summed E-state index contributed by atoms with van der Waals surface area (Å²) in [4.78, 5) is 29.2. The third-order valence-electron chi connectivity index (χ3n) is 3.49. The van der Waals surface area contributed by atoms with E-state index in [9.17, 15) is 9.59 Å². The molecule has 2 amide bonds. The summed E-state index contributed by atoms with van der Waals surface area (Å²) in [7, 11) is 0. The molecule has 1 aromatic carbocycles. The number of nitrogens with zero attached hydrogens (tertiary/aromatic N) is 1. The van der Waals surface area contributed by atoms with Gasteiger partial charge in [-0.05, 0) is 44.0 Å². The summed E-state index contributed by atoms with van der Waals surface area (Å²) in [6.45, 7) is 7.84. The largest absolute Gasteiger partial charge is 0.382 e. The number of rotatable bonds is 5. The summed E-state index contributed by atoms with van der Waals surface area (Å²) in [6, 6.07) is 6.84. The maximum atomic E-state index is 12.2. The summed E-state index contributed by atoms with van der Waals surface area (Å²) < 4.78 is 0. The molecule has 0 saturated heterocycles. The van der Waals surface area contributed by atoms with Crippen LogP contribution in [0.5, 0.6) is 0 Å². The van der Waals surface area contributed by atoms with Crippen molar-refractivity contribution in [3.8, 4) is 0 Å². The Kier molecular flexibility index (Phi) is 5.36. The molecule has 1 unspecified atom stereocenters. The van der Waals surface area contributed by atoms with Gasteiger partial charge in [-0.1, -0.05) is 19.0 Å². The van der Waals surface area contributed by atoms with E-state index in [4.69, 9.17) is 4.84 Å². The molecule has 0 saturated carbocycles. The van der Waals surface area contributed by atoms with Crippen LogP contribution in [0.3, 0.4) is 0 Å². The van der Waals surface area contributed by atoms with Crippen LogP contribution >= 0.6 is 0 Å². The zero-order valence-corrected chi connectivity index (χ0v) is 13.9. The van der Waals surface area contributed by atoms with E-state index in [0.29, 0.717) is 17.7 Å². The van der Waals surface area contributed by atoms with Crippen molar-refractivity contribution in [2.45, 2.75) is 46.3 Å². The van der Waals surface area contributed by atoms with Crippen molar-refractivity contribution in [1.29, 1.82) is 0 Å². The summed E-state index contributed by atoms with van der Waals surface area (Å²) in [6.07, 6.45) is -0.0745. The zero-order valence-electron chi connectivity index (χ0n) is 13.9. The van der Waals surface area contributed by atoms with Gasteiger partial charge in [0.15, 0.2) is 0 Å². The van der Waals surface area contributed by atoms with Crippen molar-refractivity contribution in [1.82, 2.24) is 5.32 Å². The topological polar surface area (TPSA) is 79.8 Å². The quantitative estimate of drug-likeness (QED) is 0.876. The molecule has 0 radical (unpaired) electrons. The molecule has 0 fully saturated rings. The molecule has 124 valence electrons. The van der Waals surface area contributed by atoms with Crippen LogP contribution in [-0.2, 0) is 9.63 Å². The van der Waals surface area contributed by atoms with Crippen molar-refractivity contribution in [3.05, 3.63) is 29.8 Å². The van der Waals surface area contributed by atoms with Gasteiger partial charge in [0.1, 0.15) is 0 Å². The number of anilines is 1. The third kappa shape index (κ3) is 4.55. The highest BCUT2D eigenvalue weighted by molar-refractivity contribution is 6.00. The minimum absolute atomic E-state index is 0.0801. The summed E-state index contributed by atoms with van der Waals surface area (Å²) in [5.41, 5.74) is 2.07. The fourth-order valence-electron chi connectivity index (χ4n) is 2.15. The van der Waals surface area contributed by atoms with Crippen molar-refractivity contribution < 1.29 is 14.4 Å². The molecule has 0 bridgehead atoms. The second kappa shape index (κ2) is 7.26. The molecule has 23 heavy (non-hydrogen) atoms. The Bertz CT molecular complexity index is 606. The predicted octanol–water partition coefficient (Wildman–Crippen LogP) is 2.56. The van der Waals surface area contributed by atoms with E-state index < -0.39 is 6.10 Å². The molecule has 6 heteroatoms. The first kappa shape index (κ1) is 17.0. The van der Waals surface area contributed by atoms with Gasteiger partial charge in [-0.2, -0.15) is 0 Å². The van der Waals surface area contributed by atoms with Crippen molar-refractivity contribution >= 4 is 23.2 Å². The lowest BCUT2D eigenvalue weighted by atomic mass is 10.0. The highest BCUT2D eigenvalue weighted by Gasteiger charge is 2.29. The molecule has 0 spiro atoms. The van der Waals surface area contributed by atoms with Crippen LogP contribution in [0.2, 0.25) is 0 Å². The van der Waals surface area contributed by atoms with Gasteiger partial charge in [0, 0.05) is 23.7 Å². The molecule has 1 aliphatic heterocycles. The van der Waals surface area contributed by atoms with Gasteiger partial charge in [0.2, 0.25) is 6.10 Å². The number of oxime groups is 1. The highest BCUT2D eigenvalue weighted by atomic mass is 16.6. The van der Waals surface area contributed by atoms with Crippen LogP contribution in [-0.4, -0.2) is 29.7 Å². The first-order chi connectivity index (χ1) is 10.9. The van der Waals surface area contributed by atoms with Gasteiger partial charge in [-0.25, -0.2) is 0 Å². The molecule has 1 atom stereocenters. The number of hydrogen-bond donors (Lipinski definition) is 2. The Morgan fingerprint density at radius 3 is 2.35 bits per heavy atom. The zero-order chi connectivity index (χ0) is 17.0. The smallest absolute Gasteiger partial charge is 0.268 e. The Labute approximate surface area is 136 Å². The monoisotopic (exact) mass is 317 g/mol. The van der Waals surface area contributed by atoms with E-state index in [1.807, 2.05) is 27.7 Å². The van der Waals surface area contributed by atoms with Gasteiger partial charge >= 0.3 is 0 Å². The molecule has 1 aromatic rings. The van der Waals surface area contributed by atoms with E-state index in [1.54, 1.807) is 24.3 Å². The minimum Gasteiger partial charge on any atom is -0.382 e. The first-order valence-electron chi connectivity index (χ1n) is 7.81. The number of carbonyl (C=O) groups excluding carboxylic acids is 2. The van der Waals surface area contributed by atoms with Gasteiger partial charge in [0.05, 0.1) is 5.71 Å². The van der Waals surface area contributed by atoms with Crippen LogP contribution in [0.15, 0.2) is 29.4 Å². The number of carbonyl (C=O) groups is 2. The molecule has 1 aliphatic rings. The lowest BCUT2D eigenvalue weighted by molar-refractivity contribution is -0.125. The van der Waals surface area contributed by atoms with E-state index in [0.717, 1.165) is 5.71 Å². The first-order valence-corrected chi connectivity index (χ1v) is 7.81. The van der Waals surface area contributed by atoms with E-state index in [-0.39, 0.29) is 23.8 Å². The van der Waals surface area contributed by atoms with Crippen LogP contribution in [0.4, 0.5) is 5.69 Å². The molecule has 2 rings (SSSR count). The number of nitrogens with one attached hydrogen (secondary N) is 2. The lowest BCUT2D eigenvalue weighted by Gasteiger charge is -2.11. The molecule has 0 aromatic heterocycles. The molecule has 0 aliphatic carbocycles. The van der Waals surface area contributed by atoms with Crippen molar-refractivity contribution in [2.24, 2.45) is 11.1 Å². The standard InChI is InChI=1S/C17H23N3O3/c1-10(2)14-9-15(23-20-14)17(22)19-13-7-5-12(6-8-13)16(21)18-11(3)4/h5-8,10-11,15H,9H2,1-4H3,(H,18,21)(H,19,22). The van der Waals surface area contributed by atoms with Gasteiger partial charge in [-0.3, -0.25) is 9.59 Å². The second-order valence-electron chi connectivity index (χ2n) is 6.23. The lowest BCUT2D eigenvalue weighted by Crippen LogP contribution is -2.30. The van der Waals surface area contributed by atoms with Crippen molar-refractivity contribution in [2.75, 3.05) is 5.32 Å². The van der Waals surface area contributed by atoms with Crippen LogP contribution < -0.4 is 10.6 Å². The van der Waals surface area contributed by atoms with Gasteiger partial charge in [0.25, 0.3) is 11.8 Å².